The van der Waals surface area contributed by atoms with Crippen LogP contribution in [0.15, 0.2) is 30.6 Å². The fourth-order valence-electron chi connectivity index (χ4n) is 2.69. The van der Waals surface area contributed by atoms with Gasteiger partial charge in [-0.1, -0.05) is 13.0 Å². The Balaban J connectivity index is 1.88. The van der Waals surface area contributed by atoms with Crippen molar-refractivity contribution in [2.75, 3.05) is 5.32 Å². The van der Waals surface area contributed by atoms with Gasteiger partial charge in [-0.3, -0.25) is 4.68 Å². The molecule has 0 spiro atoms. The minimum atomic E-state index is 0.589. The van der Waals surface area contributed by atoms with Crippen molar-refractivity contribution in [2.45, 2.75) is 45.7 Å². The van der Waals surface area contributed by atoms with E-state index in [1.807, 2.05) is 10.9 Å². The van der Waals surface area contributed by atoms with Gasteiger partial charge in [-0.2, -0.15) is 5.10 Å². The van der Waals surface area contributed by atoms with Crippen molar-refractivity contribution in [3.8, 4) is 11.1 Å². The molecule has 0 bridgehead atoms. The van der Waals surface area contributed by atoms with E-state index in [2.05, 4.69) is 48.7 Å². The largest absolute Gasteiger partial charge is 0.382 e. The number of benzene rings is 1. The average Bonchev–Trinajstić information content (AvgIpc) is 2.87. The molecule has 0 amide bonds. The normalized spacial score (nSPS) is 17.9. The quantitative estimate of drug-likeness (QED) is 0.906. The summed E-state index contributed by atoms with van der Waals surface area (Å²) in [6, 6.07) is 7.29. The van der Waals surface area contributed by atoms with E-state index >= 15 is 0 Å². The first-order chi connectivity index (χ1) is 9.26. The van der Waals surface area contributed by atoms with Crippen LogP contribution in [-0.2, 0) is 13.0 Å². The molecule has 2 aromatic rings. The Morgan fingerprint density at radius 3 is 3.11 bits per heavy atom. The van der Waals surface area contributed by atoms with Crippen LogP contribution in [0.1, 0.15) is 32.3 Å². The molecule has 1 aromatic heterocycles. The van der Waals surface area contributed by atoms with Gasteiger partial charge in [0, 0.05) is 30.0 Å². The van der Waals surface area contributed by atoms with Crippen molar-refractivity contribution in [1.82, 2.24) is 9.78 Å². The third kappa shape index (κ3) is 2.50. The lowest BCUT2D eigenvalue weighted by molar-refractivity contribution is 0.603. The van der Waals surface area contributed by atoms with Gasteiger partial charge in [0.2, 0.25) is 0 Å². The predicted molar refractivity (Wildman–Crippen MR) is 79.4 cm³/mol. The van der Waals surface area contributed by atoms with Crippen molar-refractivity contribution >= 4 is 5.69 Å². The van der Waals surface area contributed by atoms with Crippen molar-refractivity contribution in [1.29, 1.82) is 0 Å². The zero-order valence-electron chi connectivity index (χ0n) is 11.7. The smallest absolute Gasteiger partial charge is 0.0568 e. The van der Waals surface area contributed by atoms with Gasteiger partial charge >= 0.3 is 0 Å². The highest BCUT2D eigenvalue weighted by Gasteiger charge is 2.14. The summed E-state index contributed by atoms with van der Waals surface area (Å²) in [7, 11) is 0. The lowest BCUT2D eigenvalue weighted by atomic mass is 9.96. The molecule has 100 valence electrons. The molecule has 1 aliphatic heterocycles. The van der Waals surface area contributed by atoms with Crippen molar-refractivity contribution in [3.05, 3.63) is 36.2 Å². The molecule has 2 heterocycles. The van der Waals surface area contributed by atoms with E-state index < -0.39 is 0 Å². The van der Waals surface area contributed by atoms with Crippen LogP contribution < -0.4 is 5.32 Å². The average molecular weight is 255 g/mol. The lowest BCUT2D eigenvalue weighted by Gasteiger charge is -2.24. The predicted octanol–water partition coefficient (Wildman–Crippen LogP) is 3.71. The van der Waals surface area contributed by atoms with Gasteiger partial charge in [0.05, 0.1) is 6.20 Å². The Morgan fingerprint density at radius 1 is 1.37 bits per heavy atom. The van der Waals surface area contributed by atoms with Crippen molar-refractivity contribution in [2.24, 2.45) is 0 Å². The van der Waals surface area contributed by atoms with E-state index in [0.717, 1.165) is 13.0 Å². The molecule has 0 aliphatic carbocycles. The van der Waals surface area contributed by atoms with Gasteiger partial charge in [0.25, 0.3) is 0 Å². The first-order valence-corrected chi connectivity index (χ1v) is 7.18. The lowest BCUT2D eigenvalue weighted by Crippen LogP contribution is -2.21. The number of fused-ring (bicyclic) bond motifs is 1. The Morgan fingerprint density at radius 2 is 2.26 bits per heavy atom. The summed E-state index contributed by atoms with van der Waals surface area (Å²) in [4.78, 5) is 0. The number of nitrogens with one attached hydrogen (secondary N) is 1. The Labute approximate surface area is 114 Å². The zero-order chi connectivity index (χ0) is 13.2. The second kappa shape index (κ2) is 5.08. The highest BCUT2D eigenvalue weighted by Crippen LogP contribution is 2.29. The number of anilines is 1. The molecule has 19 heavy (non-hydrogen) atoms. The Hall–Kier alpha value is -1.77. The van der Waals surface area contributed by atoms with E-state index in [0.29, 0.717) is 6.04 Å². The fourth-order valence-corrected chi connectivity index (χ4v) is 2.69. The number of hydrogen-bond acceptors (Lipinski definition) is 2. The maximum absolute atomic E-state index is 4.41. The van der Waals surface area contributed by atoms with Crippen LogP contribution in [0.3, 0.4) is 0 Å². The number of nitrogens with zero attached hydrogens (tertiary/aromatic N) is 2. The third-order valence-corrected chi connectivity index (χ3v) is 3.77. The molecule has 3 heteroatoms. The van der Waals surface area contributed by atoms with E-state index in [-0.39, 0.29) is 0 Å². The molecule has 3 rings (SSSR count). The van der Waals surface area contributed by atoms with Crippen LogP contribution in [-0.4, -0.2) is 15.8 Å². The molecule has 1 N–H and O–H groups in total. The second-order valence-electron chi connectivity index (χ2n) is 5.45. The van der Waals surface area contributed by atoms with Crippen LogP contribution in [0.25, 0.3) is 11.1 Å². The van der Waals surface area contributed by atoms with Crippen molar-refractivity contribution in [3.63, 3.8) is 0 Å². The molecular formula is C16H21N3. The maximum Gasteiger partial charge on any atom is 0.0568 e. The Bertz CT molecular complexity index is 571. The molecule has 0 saturated carbocycles. The number of hydrogen-bond donors (Lipinski definition) is 1. The number of aromatic nitrogens is 2. The molecule has 0 saturated heterocycles. The summed E-state index contributed by atoms with van der Waals surface area (Å²) in [6.07, 6.45) is 7.61. The molecular weight excluding hydrogens is 234 g/mol. The zero-order valence-corrected chi connectivity index (χ0v) is 11.7. The van der Waals surface area contributed by atoms with Crippen LogP contribution in [0.5, 0.6) is 0 Å². The first kappa shape index (κ1) is 12.3. The van der Waals surface area contributed by atoms with Crippen LogP contribution in [0.2, 0.25) is 0 Å². The number of aryl methyl sites for hydroxylation is 2. The standard InChI is InChI=1S/C16H21N3/c1-3-8-19-11-15(10-17-19)13-6-7-16-14(9-13)5-4-12(2)18-16/h6-7,9-12,18H,3-5,8H2,1-2H3. The number of rotatable bonds is 3. The summed E-state index contributed by atoms with van der Waals surface area (Å²) in [5.74, 6) is 0. The maximum atomic E-state index is 4.41. The van der Waals surface area contributed by atoms with Crippen molar-refractivity contribution < 1.29 is 0 Å². The van der Waals surface area contributed by atoms with E-state index in [1.54, 1.807) is 0 Å². The third-order valence-electron chi connectivity index (χ3n) is 3.77. The summed E-state index contributed by atoms with van der Waals surface area (Å²) in [5, 5.41) is 7.95. The van der Waals surface area contributed by atoms with Crippen LogP contribution in [0, 0.1) is 0 Å². The molecule has 1 aliphatic rings. The minimum absolute atomic E-state index is 0.589. The summed E-state index contributed by atoms with van der Waals surface area (Å²) < 4.78 is 2.02. The van der Waals surface area contributed by atoms with Gasteiger partial charge in [-0.25, -0.2) is 0 Å². The molecule has 0 fully saturated rings. The van der Waals surface area contributed by atoms with Gasteiger partial charge in [-0.15, -0.1) is 0 Å². The molecule has 3 nitrogen and oxygen atoms in total. The van der Waals surface area contributed by atoms with Crippen LogP contribution in [0.4, 0.5) is 5.69 Å². The Kier molecular flexibility index (Phi) is 3.28. The summed E-state index contributed by atoms with van der Waals surface area (Å²) in [6.45, 7) is 5.41. The second-order valence-corrected chi connectivity index (χ2v) is 5.45. The molecule has 1 atom stereocenters. The molecule has 0 radical (unpaired) electrons. The molecule has 1 aromatic carbocycles. The SMILES string of the molecule is CCCn1cc(-c2ccc3c(c2)CCC(C)N3)cn1. The van der Waals surface area contributed by atoms with Gasteiger partial charge in [0.15, 0.2) is 0 Å². The fraction of sp³-hybridized carbons (Fsp3) is 0.438. The van der Waals surface area contributed by atoms with E-state index in [1.165, 1.54) is 35.2 Å². The van der Waals surface area contributed by atoms with E-state index in [4.69, 9.17) is 0 Å². The summed E-state index contributed by atoms with van der Waals surface area (Å²) >= 11 is 0. The molecule has 1 unspecified atom stereocenters. The first-order valence-electron chi connectivity index (χ1n) is 7.18. The minimum Gasteiger partial charge on any atom is -0.382 e. The highest BCUT2D eigenvalue weighted by molar-refractivity contribution is 5.68. The highest BCUT2D eigenvalue weighted by atomic mass is 15.3. The monoisotopic (exact) mass is 255 g/mol. The van der Waals surface area contributed by atoms with Gasteiger partial charge < -0.3 is 5.32 Å². The van der Waals surface area contributed by atoms with Crippen LogP contribution >= 0.6 is 0 Å². The van der Waals surface area contributed by atoms with E-state index in [9.17, 15) is 0 Å². The summed E-state index contributed by atoms with van der Waals surface area (Å²) in [5.41, 5.74) is 5.22. The van der Waals surface area contributed by atoms with Gasteiger partial charge in [-0.05, 0) is 49.4 Å². The topological polar surface area (TPSA) is 29.9 Å². The van der Waals surface area contributed by atoms with Gasteiger partial charge in [0.1, 0.15) is 0 Å².